The van der Waals surface area contributed by atoms with Gasteiger partial charge in [-0.3, -0.25) is 4.79 Å². The van der Waals surface area contributed by atoms with Gasteiger partial charge in [-0.15, -0.1) is 0 Å². The molecule has 20 heavy (non-hydrogen) atoms. The van der Waals surface area contributed by atoms with E-state index in [1.807, 2.05) is 12.1 Å². The molecule has 2 atom stereocenters. The van der Waals surface area contributed by atoms with Crippen molar-refractivity contribution in [2.75, 3.05) is 14.2 Å². The van der Waals surface area contributed by atoms with Gasteiger partial charge in [0.15, 0.2) is 0 Å². The van der Waals surface area contributed by atoms with Gasteiger partial charge in [0, 0.05) is 11.6 Å². The fraction of sp³-hybridized carbons (Fsp3) is 0.533. The van der Waals surface area contributed by atoms with Crippen LogP contribution in [0.1, 0.15) is 43.4 Å². The van der Waals surface area contributed by atoms with Crippen LogP contribution in [-0.4, -0.2) is 36.4 Å². The number of carboxylic acids is 1. The Hall–Kier alpha value is -1.59. The van der Waals surface area contributed by atoms with Crippen molar-refractivity contribution in [2.45, 2.75) is 38.3 Å². The second-order valence-corrected chi connectivity index (χ2v) is 5.09. The molecule has 0 heterocycles. The summed E-state index contributed by atoms with van der Waals surface area (Å²) in [6.45, 7) is 4.12. The normalized spacial score (nSPS) is 14.1. The van der Waals surface area contributed by atoms with Crippen molar-refractivity contribution in [1.82, 2.24) is 5.32 Å². The van der Waals surface area contributed by atoms with Crippen LogP contribution in [0.25, 0.3) is 0 Å². The van der Waals surface area contributed by atoms with E-state index in [1.165, 1.54) is 7.11 Å². The van der Waals surface area contributed by atoms with Crippen LogP contribution >= 0.6 is 0 Å². The Morgan fingerprint density at radius 3 is 2.50 bits per heavy atom. The minimum Gasteiger partial charge on any atom is -0.496 e. The van der Waals surface area contributed by atoms with Crippen LogP contribution < -0.4 is 10.1 Å². The molecule has 112 valence electrons. The minimum absolute atomic E-state index is 0.160. The molecule has 0 aliphatic heterocycles. The SMILES string of the molecule is CNC(CC(=O)O)C(O)c1cc(C(C)C)ccc1OC. The van der Waals surface area contributed by atoms with Crippen LogP contribution in [-0.2, 0) is 4.79 Å². The van der Waals surface area contributed by atoms with Crippen molar-refractivity contribution in [3.63, 3.8) is 0 Å². The second-order valence-electron chi connectivity index (χ2n) is 5.09. The zero-order valence-electron chi connectivity index (χ0n) is 12.4. The number of benzene rings is 1. The summed E-state index contributed by atoms with van der Waals surface area (Å²) in [5.41, 5.74) is 1.68. The number of aliphatic hydroxyl groups excluding tert-OH is 1. The first-order chi connectivity index (χ1) is 9.40. The maximum absolute atomic E-state index is 10.9. The topological polar surface area (TPSA) is 78.8 Å². The average molecular weight is 281 g/mol. The summed E-state index contributed by atoms with van der Waals surface area (Å²) in [5, 5.41) is 22.2. The van der Waals surface area contributed by atoms with Crippen molar-refractivity contribution in [3.05, 3.63) is 29.3 Å². The van der Waals surface area contributed by atoms with Crippen molar-refractivity contribution in [2.24, 2.45) is 0 Å². The van der Waals surface area contributed by atoms with Gasteiger partial charge in [0.1, 0.15) is 5.75 Å². The van der Waals surface area contributed by atoms with Gasteiger partial charge in [-0.25, -0.2) is 0 Å². The number of hydrogen-bond donors (Lipinski definition) is 3. The summed E-state index contributed by atoms with van der Waals surface area (Å²) in [5.74, 6) is -0.0747. The maximum atomic E-state index is 10.9. The Morgan fingerprint density at radius 2 is 2.05 bits per heavy atom. The Morgan fingerprint density at radius 1 is 1.40 bits per heavy atom. The lowest BCUT2D eigenvalue weighted by Crippen LogP contribution is -2.34. The molecule has 0 aromatic heterocycles. The molecule has 0 aliphatic carbocycles. The molecule has 1 aromatic carbocycles. The molecule has 0 aliphatic rings. The first-order valence-corrected chi connectivity index (χ1v) is 6.65. The number of likely N-dealkylation sites (N-methyl/N-ethyl adjacent to an activating group) is 1. The number of rotatable bonds is 7. The number of methoxy groups -OCH3 is 1. The highest BCUT2D eigenvalue weighted by atomic mass is 16.5. The molecule has 5 nitrogen and oxygen atoms in total. The zero-order valence-corrected chi connectivity index (χ0v) is 12.4. The molecule has 0 fully saturated rings. The van der Waals surface area contributed by atoms with E-state index in [1.54, 1.807) is 13.1 Å². The van der Waals surface area contributed by atoms with Crippen molar-refractivity contribution in [3.8, 4) is 5.75 Å². The molecule has 0 saturated heterocycles. The van der Waals surface area contributed by atoms with E-state index >= 15 is 0 Å². The lowest BCUT2D eigenvalue weighted by molar-refractivity contribution is -0.138. The van der Waals surface area contributed by atoms with Crippen LogP contribution in [0, 0.1) is 0 Å². The molecule has 2 unspecified atom stereocenters. The van der Waals surface area contributed by atoms with Crippen LogP contribution in [0.4, 0.5) is 0 Å². The van der Waals surface area contributed by atoms with Gasteiger partial charge in [0.25, 0.3) is 0 Å². The molecule has 0 saturated carbocycles. The quantitative estimate of drug-likeness (QED) is 0.711. The van der Waals surface area contributed by atoms with Crippen LogP contribution in [0.15, 0.2) is 18.2 Å². The maximum Gasteiger partial charge on any atom is 0.305 e. The summed E-state index contributed by atoms with van der Waals surface area (Å²) in [7, 11) is 3.17. The van der Waals surface area contributed by atoms with Crippen molar-refractivity contribution < 1.29 is 19.7 Å². The van der Waals surface area contributed by atoms with E-state index < -0.39 is 18.1 Å². The van der Waals surface area contributed by atoms with Gasteiger partial charge >= 0.3 is 5.97 Å². The fourth-order valence-electron chi connectivity index (χ4n) is 2.12. The Balaban J connectivity index is 3.13. The number of carboxylic acid groups (broad SMARTS) is 1. The van der Waals surface area contributed by atoms with Gasteiger partial charge < -0.3 is 20.3 Å². The summed E-state index contributed by atoms with van der Waals surface area (Å²) >= 11 is 0. The lowest BCUT2D eigenvalue weighted by Gasteiger charge is -2.24. The third-order valence-electron chi connectivity index (χ3n) is 3.39. The van der Waals surface area contributed by atoms with E-state index in [0.717, 1.165) is 5.56 Å². The third-order valence-corrected chi connectivity index (χ3v) is 3.39. The molecule has 0 spiro atoms. The Kier molecular flexibility index (Phi) is 5.98. The highest BCUT2D eigenvalue weighted by Crippen LogP contribution is 2.31. The van der Waals surface area contributed by atoms with Crippen LogP contribution in [0.3, 0.4) is 0 Å². The predicted molar refractivity (Wildman–Crippen MR) is 77.1 cm³/mol. The van der Waals surface area contributed by atoms with Gasteiger partial charge in [-0.2, -0.15) is 0 Å². The second kappa shape index (κ2) is 7.26. The van der Waals surface area contributed by atoms with Gasteiger partial charge in [0.05, 0.1) is 19.6 Å². The number of nitrogens with one attached hydrogen (secondary N) is 1. The predicted octanol–water partition coefficient (Wildman–Crippen LogP) is 1.91. The first-order valence-electron chi connectivity index (χ1n) is 6.65. The van der Waals surface area contributed by atoms with E-state index in [-0.39, 0.29) is 6.42 Å². The zero-order chi connectivity index (χ0) is 15.3. The van der Waals surface area contributed by atoms with E-state index in [0.29, 0.717) is 17.2 Å². The summed E-state index contributed by atoms with van der Waals surface area (Å²) < 4.78 is 5.27. The summed E-state index contributed by atoms with van der Waals surface area (Å²) in [6, 6.07) is 5.07. The summed E-state index contributed by atoms with van der Waals surface area (Å²) in [4.78, 5) is 10.9. The number of carbonyl (C=O) groups is 1. The van der Waals surface area contributed by atoms with Gasteiger partial charge in [0.2, 0.25) is 0 Å². The van der Waals surface area contributed by atoms with E-state index in [4.69, 9.17) is 9.84 Å². The number of aliphatic carboxylic acids is 1. The van der Waals surface area contributed by atoms with Gasteiger partial charge in [-0.05, 0) is 30.7 Å². The highest BCUT2D eigenvalue weighted by molar-refractivity contribution is 5.67. The average Bonchev–Trinajstić information content (AvgIpc) is 2.42. The fourth-order valence-corrected chi connectivity index (χ4v) is 2.12. The molecular formula is C15H23NO4. The highest BCUT2D eigenvalue weighted by Gasteiger charge is 2.25. The standard InChI is InChI=1S/C15H23NO4/c1-9(2)10-5-6-13(20-4)11(7-10)15(19)12(16-3)8-14(17)18/h5-7,9,12,15-16,19H,8H2,1-4H3,(H,17,18). The third kappa shape index (κ3) is 3.95. The molecule has 0 radical (unpaired) electrons. The van der Waals surface area contributed by atoms with Gasteiger partial charge in [-0.1, -0.05) is 19.9 Å². The monoisotopic (exact) mass is 281 g/mol. The first kappa shape index (κ1) is 16.5. The number of hydrogen-bond acceptors (Lipinski definition) is 4. The van der Waals surface area contributed by atoms with E-state index in [9.17, 15) is 9.90 Å². The number of ether oxygens (including phenoxy) is 1. The van der Waals surface area contributed by atoms with Crippen molar-refractivity contribution >= 4 is 5.97 Å². The molecule has 0 amide bonds. The molecule has 1 rings (SSSR count). The molecule has 1 aromatic rings. The van der Waals surface area contributed by atoms with E-state index in [2.05, 4.69) is 19.2 Å². The van der Waals surface area contributed by atoms with Crippen LogP contribution in [0.5, 0.6) is 5.75 Å². The molecule has 5 heteroatoms. The Bertz CT molecular complexity index is 459. The van der Waals surface area contributed by atoms with Crippen molar-refractivity contribution in [1.29, 1.82) is 0 Å². The minimum atomic E-state index is -0.956. The molecular weight excluding hydrogens is 258 g/mol. The largest absolute Gasteiger partial charge is 0.496 e. The smallest absolute Gasteiger partial charge is 0.305 e. The van der Waals surface area contributed by atoms with Crippen LogP contribution in [0.2, 0.25) is 0 Å². The lowest BCUT2D eigenvalue weighted by atomic mass is 9.94. The Labute approximate surface area is 119 Å². The molecule has 0 bridgehead atoms. The molecule has 3 N–H and O–H groups in total. The summed E-state index contributed by atoms with van der Waals surface area (Å²) in [6.07, 6.45) is -1.10. The number of aliphatic hydroxyl groups is 1.